The van der Waals surface area contributed by atoms with Gasteiger partial charge in [-0.2, -0.15) is 0 Å². The van der Waals surface area contributed by atoms with Gasteiger partial charge in [-0.1, -0.05) is 18.2 Å². The summed E-state index contributed by atoms with van der Waals surface area (Å²) in [5.74, 6) is 0. The fourth-order valence-electron chi connectivity index (χ4n) is 0.624. The molecule has 1 aromatic carbocycles. The van der Waals surface area contributed by atoms with Crippen LogP contribution in [0.15, 0.2) is 30.3 Å². The maximum atomic E-state index is 8.60. The molecule has 0 saturated heterocycles. The van der Waals surface area contributed by atoms with Gasteiger partial charge in [0.25, 0.3) is 0 Å². The Labute approximate surface area is 88.2 Å². The molecule has 1 rings (SSSR count). The van der Waals surface area contributed by atoms with Crippen LogP contribution in [0.3, 0.4) is 0 Å². The van der Waals surface area contributed by atoms with Crippen molar-refractivity contribution in [3.63, 3.8) is 0 Å². The predicted molar refractivity (Wildman–Crippen MR) is 45.5 cm³/mol. The summed E-state index contributed by atoms with van der Waals surface area (Å²) in [7, 11) is 1.59. The van der Waals surface area contributed by atoms with E-state index in [1.807, 2.05) is 30.3 Å². The van der Waals surface area contributed by atoms with Gasteiger partial charge in [-0.05, 0) is 12.1 Å². The second-order valence-electron chi connectivity index (χ2n) is 1.86. The first-order chi connectivity index (χ1) is 6.16. The summed E-state index contributed by atoms with van der Waals surface area (Å²) < 4.78 is 25.8. The van der Waals surface area contributed by atoms with E-state index in [2.05, 4.69) is 10.3 Å². The zero-order valence-corrected chi connectivity index (χ0v) is 10.6. The predicted octanol–water partition coefficient (Wildman–Crippen LogP) is 1.75. The Morgan fingerprint density at radius 2 is 1.57 bits per heavy atom. The summed E-state index contributed by atoms with van der Waals surface area (Å²) in [6.07, 6.45) is 0. The standard InChI is InChI=1S/C7H9NO.CH3.3O.Re/c1-9-8-7-5-3-2-4-6-7;;;;;/h2-6,8H,1H3;1H3;;;;/q;-1;;;;. The third kappa shape index (κ3) is 11.0. The Kier molecular flexibility index (Phi) is 11.2. The molecular weight excluding hydrogens is 360 g/mol. The van der Waals surface area contributed by atoms with Gasteiger partial charge in [-0.3, -0.25) is 10.3 Å². The van der Waals surface area contributed by atoms with Gasteiger partial charge in [0.05, 0.1) is 12.8 Å². The van der Waals surface area contributed by atoms with Crippen LogP contribution < -0.4 is 5.48 Å². The molecule has 0 bridgehead atoms. The van der Waals surface area contributed by atoms with Gasteiger partial charge in [-0.25, -0.2) is 0 Å². The Morgan fingerprint density at radius 1 is 1.14 bits per heavy atom. The van der Waals surface area contributed by atoms with Crippen LogP contribution in [-0.2, 0) is 31.9 Å². The molecule has 0 spiro atoms. The van der Waals surface area contributed by atoms with E-state index in [4.69, 9.17) is 10.4 Å². The molecule has 0 aliphatic heterocycles. The Hall–Kier alpha value is -0.958. The van der Waals surface area contributed by atoms with Gasteiger partial charge < -0.3 is 7.43 Å². The fourth-order valence-corrected chi connectivity index (χ4v) is 0.624. The van der Waals surface area contributed by atoms with E-state index in [1.54, 1.807) is 7.11 Å². The van der Waals surface area contributed by atoms with E-state index in [1.165, 1.54) is 0 Å². The molecule has 0 heterocycles. The summed E-state index contributed by atoms with van der Waals surface area (Å²) in [6.45, 7) is 0. The fraction of sp³-hybridized carbons (Fsp3) is 0.125. The summed E-state index contributed by atoms with van der Waals surface area (Å²) in [6, 6.07) is 9.72. The second-order valence-corrected chi connectivity index (χ2v) is 3.22. The van der Waals surface area contributed by atoms with Crippen LogP contribution in [0.2, 0.25) is 0 Å². The molecule has 6 heteroatoms. The van der Waals surface area contributed by atoms with Crippen molar-refractivity contribution in [3.05, 3.63) is 37.8 Å². The average molecular weight is 372 g/mol. The van der Waals surface area contributed by atoms with E-state index in [0.29, 0.717) is 0 Å². The SMILES string of the molecule is CONc1ccccc1.[CH3-].[O]=[Re](=[O])=[O]. The summed E-state index contributed by atoms with van der Waals surface area (Å²) in [4.78, 5) is 4.68. The summed E-state index contributed by atoms with van der Waals surface area (Å²) >= 11 is -4.21. The van der Waals surface area contributed by atoms with Crippen molar-refractivity contribution in [2.45, 2.75) is 0 Å². The number of anilines is 1. The molecule has 0 amide bonds. The topological polar surface area (TPSA) is 72.5 Å². The zero-order valence-electron chi connectivity index (χ0n) is 7.90. The maximum absolute atomic E-state index is 8.60. The van der Waals surface area contributed by atoms with E-state index in [-0.39, 0.29) is 7.43 Å². The molecule has 0 aliphatic rings. The number of benzene rings is 1. The molecule has 0 aromatic heterocycles. The minimum atomic E-state index is -4.21. The Balaban J connectivity index is 0. The molecule has 0 fully saturated rings. The number of hydrogen-bond donors (Lipinski definition) is 1. The van der Waals surface area contributed by atoms with Crippen LogP contribution in [0.5, 0.6) is 0 Å². The molecule has 0 radical (unpaired) electrons. The molecule has 0 atom stereocenters. The third-order valence-corrected chi connectivity index (χ3v) is 0.994. The number of nitrogens with one attached hydrogen (secondary N) is 1. The monoisotopic (exact) mass is 373 g/mol. The Morgan fingerprint density at radius 3 is 1.93 bits per heavy atom. The van der Waals surface area contributed by atoms with Crippen LogP contribution in [0.4, 0.5) is 5.69 Å². The Bertz CT molecular complexity index is 314. The van der Waals surface area contributed by atoms with Crippen molar-refractivity contribution in [2.75, 3.05) is 12.6 Å². The van der Waals surface area contributed by atoms with Crippen molar-refractivity contribution in [1.29, 1.82) is 0 Å². The molecular formula is C8H12NO4Re-. The molecule has 1 N–H and O–H groups in total. The molecule has 81 valence electrons. The quantitative estimate of drug-likeness (QED) is 0.633. The molecule has 5 nitrogen and oxygen atoms in total. The summed E-state index contributed by atoms with van der Waals surface area (Å²) in [5.41, 5.74) is 3.68. The van der Waals surface area contributed by atoms with Crippen LogP contribution in [0.1, 0.15) is 0 Å². The minimum absolute atomic E-state index is 0. The third-order valence-electron chi connectivity index (χ3n) is 0.994. The van der Waals surface area contributed by atoms with E-state index < -0.39 is 16.6 Å². The van der Waals surface area contributed by atoms with Gasteiger partial charge in [0.2, 0.25) is 0 Å². The van der Waals surface area contributed by atoms with Crippen LogP contribution >= 0.6 is 0 Å². The number of hydrogen-bond acceptors (Lipinski definition) is 5. The summed E-state index contributed by atoms with van der Waals surface area (Å²) in [5, 5.41) is 0. The van der Waals surface area contributed by atoms with E-state index in [0.717, 1.165) is 5.69 Å². The molecule has 0 aliphatic carbocycles. The first-order valence-electron chi connectivity index (χ1n) is 3.24. The van der Waals surface area contributed by atoms with E-state index in [9.17, 15) is 0 Å². The molecule has 1 aromatic rings. The van der Waals surface area contributed by atoms with Gasteiger partial charge >= 0.3 is 27.0 Å². The van der Waals surface area contributed by atoms with Crippen molar-refractivity contribution in [3.8, 4) is 0 Å². The van der Waals surface area contributed by atoms with Crippen molar-refractivity contribution >= 4 is 5.69 Å². The van der Waals surface area contributed by atoms with E-state index >= 15 is 0 Å². The van der Waals surface area contributed by atoms with Crippen LogP contribution in [-0.4, -0.2) is 7.11 Å². The first-order valence-corrected chi connectivity index (χ1v) is 6.56. The van der Waals surface area contributed by atoms with Crippen molar-refractivity contribution < 1.29 is 31.9 Å². The van der Waals surface area contributed by atoms with Gasteiger partial charge in [0.15, 0.2) is 0 Å². The molecule has 0 saturated carbocycles. The first kappa shape index (κ1) is 15.5. The number of rotatable bonds is 2. The van der Waals surface area contributed by atoms with Gasteiger partial charge in [-0.15, -0.1) is 0 Å². The normalized spacial score (nSPS) is 7.50. The van der Waals surface area contributed by atoms with Crippen molar-refractivity contribution in [1.82, 2.24) is 0 Å². The van der Waals surface area contributed by atoms with Crippen molar-refractivity contribution in [2.24, 2.45) is 0 Å². The average Bonchev–Trinajstić information content (AvgIpc) is 2.06. The van der Waals surface area contributed by atoms with Crippen LogP contribution in [0.25, 0.3) is 0 Å². The number of para-hydroxylation sites is 1. The molecule has 14 heavy (non-hydrogen) atoms. The zero-order chi connectivity index (χ0) is 10.1. The second kappa shape index (κ2) is 10.1. The van der Waals surface area contributed by atoms with Gasteiger partial charge in [0.1, 0.15) is 0 Å². The molecule has 0 unspecified atom stereocenters. The van der Waals surface area contributed by atoms with Crippen LogP contribution in [0, 0.1) is 7.43 Å². The van der Waals surface area contributed by atoms with Gasteiger partial charge in [0, 0.05) is 0 Å².